The maximum atomic E-state index is 11.3. The number of rotatable bonds is 7. The van der Waals surface area contributed by atoms with E-state index >= 15 is 0 Å². The fourth-order valence-electron chi connectivity index (χ4n) is 2.70. The Kier molecular flexibility index (Phi) is 10.5. The molecule has 0 bridgehead atoms. The number of likely N-dealkylation sites (N-methyl/N-ethyl adjacent to an activating group) is 1. The van der Waals surface area contributed by atoms with Crippen LogP contribution in [0.5, 0.6) is 0 Å². The average Bonchev–Trinajstić information content (AvgIpc) is 2.35. The van der Waals surface area contributed by atoms with Crippen LogP contribution in [0.4, 0.5) is 0 Å². The Labute approximate surface area is 118 Å². The number of unbranched alkanes of at least 4 members (excludes halogenated alkanes) is 1. The van der Waals surface area contributed by atoms with E-state index in [9.17, 15) is 4.79 Å². The van der Waals surface area contributed by atoms with Gasteiger partial charge in [0, 0.05) is 6.54 Å². The van der Waals surface area contributed by atoms with Crippen LogP contribution in [0, 0.1) is 11.8 Å². The van der Waals surface area contributed by atoms with E-state index in [1.807, 2.05) is 0 Å². The van der Waals surface area contributed by atoms with Crippen molar-refractivity contribution in [1.29, 1.82) is 0 Å². The molecular formula is C14H29ClN2O. The molecule has 4 heteroatoms. The predicted molar refractivity (Wildman–Crippen MR) is 79.2 cm³/mol. The summed E-state index contributed by atoms with van der Waals surface area (Å²) in [4.78, 5) is 11.3. The molecule has 0 saturated heterocycles. The largest absolute Gasteiger partial charge is 0.355 e. The standard InChI is InChI=1S/C14H28N2O.ClH/c1-3-4-5-12-6-8-13(9-7-12)10-16-14(17)11-15-2;/h12-13,15H,3-11H2,1-2H3,(H,16,17);1H. The lowest BCUT2D eigenvalue weighted by molar-refractivity contribution is -0.120. The lowest BCUT2D eigenvalue weighted by atomic mass is 9.80. The Bertz CT molecular complexity index is 216. The van der Waals surface area contributed by atoms with Crippen LogP contribution in [0.15, 0.2) is 0 Å². The van der Waals surface area contributed by atoms with Crippen LogP contribution in [-0.2, 0) is 4.79 Å². The van der Waals surface area contributed by atoms with Gasteiger partial charge in [0.1, 0.15) is 0 Å². The Hall–Kier alpha value is -0.280. The summed E-state index contributed by atoms with van der Waals surface area (Å²) < 4.78 is 0. The molecule has 0 aromatic carbocycles. The minimum atomic E-state index is 0. The number of hydrogen-bond donors (Lipinski definition) is 2. The van der Waals surface area contributed by atoms with Crippen molar-refractivity contribution in [3.8, 4) is 0 Å². The molecule has 1 fully saturated rings. The first-order chi connectivity index (χ1) is 8.26. The van der Waals surface area contributed by atoms with Crippen molar-refractivity contribution >= 4 is 18.3 Å². The zero-order valence-corrected chi connectivity index (χ0v) is 12.7. The summed E-state index contributed by atoms with van der Waals surface area (Å²) in [7, 11) is 1.80. The Morgan fingerprint density at radius 2 is 1.78 bits per heavy atom. The smallest absolute Gasteiger partial charge is 0.233 e. The van der Waals surface area contributed by atoms with Crippen LogP contribution < -0.4 is 10.6 Å². The Balaban J connectivity index is 0.00000289. The van der Waals surface area contributed by atoms with Crippen molar-refractivity contribution in [2.24, 2.45) is 11.8 Å². The van der Waals surface area contributed by atoms with Gasteiger partial charge in [-0.3, -0.25) is 4.79 Å². The molecular weight excluding hydrogens is 248 g/mol. The zero-order valence-electron chi connectivity index (χ0n) is 11.8. The Morgan fingerprint density at radius 3 is 2.33 bits per heavy atom. The van der Waals surface area contributed by atoms with Gasteiger partial charge < -0.3 is 10.6 Å². The van der Waals surface area contributed by atoms with Crippen LogP contribution in [0.25, 0.3) is 0 Å². The third-order valence-corrected chi connectivity index (χ3v) is 3.86. The molecule has 1 rings (SSSR count). The molecule has 0 radical (unpaired) electrons. The first-order valence-corrected chi connectivity index (χ1v) is 7.17. The molecule has 2 N–H and O–H groups in total. The molecule has 0 atom stereocenters. The van der Waals surface area contributed by atoms with E-state index in [2.05, 4.69) is 17.6 Å². The van der Waals surface area contributed by atoms with E-state index in [0.717, 1.165) is 12.5 Å². The van der Waals surface area contributed by atoms with Gasteiger partial charge >= 0.3 is 0 Å². The van der Waals surface area contributed by atoms with Gasteiger partial charge in [-0.2, -0.15) is 0 Å². The summed E-state index contributed by atoms with van der Waals surface area (Å²) in [6.07, 6.45) is 9.45. The molecule has 18 heavy (non-hydrogen) atoms. The molecule has 1 aliphatic carbocycles. The molecule has 108 valence electrons. The molecule has 0 aliphatic heterocycles. The lowest BCUT2D eigenvalue weighted by Gasteiger charge is -2.28. The fourth-order valence-corrected chi connectivity index (χ4v) is 2.70. The van der Waals surface area contributed by atoms with E-state index in [1.54, 1.807) is 7.05 Å². The monoisotopic (exact) mass is 276 g/mol. The SMILES string of the molecule is CCCCC1CCC(CNC(=O)CNC)CC1.Cl. The summed E-state index contributed by atoms with van der Waals surface area (Å²) in [5.74, 6) is 1.80. The molecule has 1 saturated carbocycles. The number of halogens is 1. The van der Waals surface area contributed by atoms with Crippen molar-refractivity contribution in [3.63, 3.8) is 0 Å². The molecule has 1 aliphatic rings. The maximum absolute atomic E-state index is 11.3. The summed E-state index contributed by atoms with van der Waals surface area (Å²) in [6, 6.07) is 0. The van der Waals surface area contributed by atoms with Crippen LogP contribution in [-0.4, -0.2) is 26.0 Å². The van der Waals surface area contributed by atoms with E-state index in [4.69, 9.17) is 0 Å². The first kappa shape index (κ1) is 17.7. The lowest BCUT2D eigenvalue weighted by Crippen LogP contribution is -2.36. The number of amides is 1. The van der Waals surface area contributed by atoms with Gasteiger partial charge in [-0.25, -0.2) is 0 Å². The normalized spacial score (nSPS) is 23.2. The van der Waals surface area contributed by atoms with Crippen LogP contribution >= 0.6 is 12.4 Å². The summed E-state index contributed by atoms with van der Waals surface area (Å²) >= 11 is 0. The van der Waals surface area contributed by atoms with Gasteiger partial charge in [0.25, 0.3) is 0 Å². The highest BCUT2D eigenvalue weighted by atomic mass is 35.5. The van der Waals surface area contributed by atoms with Crippen LogP contribution in [0.1, 0.15) is 51.9 Å². The second-order valence-corrected chi connectivity index (χ2v) is 5.36. The fraction of sp³-hybridized carbons (Fsp3) is 0.929. The van der Waals surface area contributed by atoms with Gasteiger partial charge in [0.2, 0.25) is 5.91 Å². The first-order valence-electron chi connectivity index (χ1n) is 7.17. The molecule has 0 unspecified atom stereocenters. The number of carbonyl (C=O) groups excluding carboxylic acids is 1. The van der Waals surface area contributed by atoms with Crippen LogP contribution in [0.2, 0.25) is 0 Å². The Morgan fingerprint density at radius 1 is 1.17 bits per heavy atom. The van der Waals surface area contributed by atoms with E-state index < -0.39 is 0 Å². The van der Waals surface area contributed by atoms with Gasteiger partial charge in [-0.05, 0) is 31.7 Å². The van der Waals surface area contributed by atoms with Crippen molar-refractivity contribution in [2.75, 3.05) is 20.1 Å². The molecule has 0 heterocycles. The quantitative estimate of drug-likeness (QED) is 0.751. The van der Waals surface area contributed by atoms with Crippen molar-refractivity contribution in [3.05, 3.63) is 0 Å². The second-order valence-electron chi connectivity index (χ2n) is 5.36. The van der Waals surface area contributed by atoms with Crippen molar-refractivity contribution < 1.29 is 4.79 Å². The zero-order chi connectivity index (χ0) is 12.5. The molecule has 0 spiro atoms. The summed E-state index contributed by atoms with van der Waals surface area (Å²) in [5, 5.41) is 5.88. The van der Waals surface area contributed by atoms with E-state index in [-0.39, 0.29) is 18.3 Å². The van der Waals surface area contributed by atoms with Gasteiger partial charge in [0.15, 0.2) is 0 Å². The molecule has 3 nitrogen and oxygen atoms in total. The van der Waals surface area contributed by atoms with E-state index in [0.29, 0.717) is 12.5 Å². The number of nitrogens with one attached hydrogen (secondary N) is 2. The highest BCUT2D eigenvalue weighted by molar-refractivity contribution is 5.85. The van der Waals surface area contributed by atoms with Gasteiger partial charge in [-0.15, -0.1) is 12.4 Å². The minimum Gasteiger partial charge on any atom is -0.355 e. The number of carbonyl (C=O) groups is 1. The van der Waals surface area contributed by atoms with Crippen molar-refractivity contribution in [1.82, 2.24) is 10.6 Å². The minimum absolute atomic E-state index is 0. The van der Waals surface area contributed by atoms with Crippen molar-refractivity contribution in [2.45, 2.75) is 51.9 Å². The maximum Gasteiger partial charge on any atom is 0.233 e. The predicted octanol–water partition coefficient (Wildman–Crippen LogP) is 2.74. The highest BCUT2D eigenvalue weighted by Crippen LogP contribution is 2.31. The highest BCUT2D eigenvalue weighted by Gasteiger charge is 2.20. The topological polar surface area (TPSA) is 41.1 Å². The third kappa shape index (κ3) is 7.22. The van der Waals surface area contributed by atoms with E-state index in [1.165, 1.54) is 44.9 Å². The van der Waals surface area contributed by atoms with Crippen LogP contribution in [0.3, 0.4) is 0 Å². The molecule has 0 aromatic rings. The number of hydrogen-bond acceptors (Lipinski definition) is 2. The second kappa shape index (κ2) is 10.6. The van der Waals surface area contributed by atoms with Gasteiger partial charge in [-0.1, -0.05) is 39.0 Å². The molecule has 0 aromatic heterocycles. The average molecular weight is 277 g/mol. The third-order valence-electron chi connectivity index (χ3n) is 3.86. The van der Waals surface area contributed by atoms with Gasteiger partial charge in [0.05, 0.1) is 6.54 Å². The summed E-state index contributed by atoms with van der Waals surface area (Å²) in [5.41, 5.74) is 0. The summed E-state index contributed by atoms with van der Waals surface area (Å²) in [6.45, 7) is 3.58. The molecule has 1 amide bonds.